The van der Waals surface area contributed by atoms with Gasteiger partial charge in [0.05, 0.1) is 16.8 Å². The number of rotatable bonds is 7. The van der Waals surface area contributed by atoms with Crippen LogP contribution in [0.1, 0.15) is 63.6 Å². The highest BCUT2D eigenvalue weighted by atomic mass is 16.5. The van der Waals surface area contributed by atoms with Gasteiger partial charge < -0.3 is 10.1 Å². The van der Waals surface area contributed by atoms with Crippen molar-refractivity contribution in [1.82, 2.24) is 0 Å². The summed E-state index contributed by atoms with van der Waals surface area (Å²) in [6, 6.07) is 18.0. The fraction of sp³-hybridized carbons (Fsp3) is 0.250. The predicted molar refractivity (Wildman–Crippen MR) is 133 cm³/mol. The van der Waals surface area contributed by atoms with Crippen LogP contribution in [0.5, 0.6) is 5.75 Å². The lowest BCUT2D eigenvalue weighted by Gasteiger charge is -2.17. The zero-order valence-corrected chi connectivity index (χ0v) is 19.8. The van der Waals surface area contributed by atoms with Gasteiger partial charge in [-0.1, -0.05) is 38.1 Å². The first-order chi connectivity index (χ1) is 16.3. The normalized spacial score (nSPS) is 13.6. The third-order valence-electron chi connectivity index (χ3n) is 6.42. The summed E-state index contributed by atoms with van der Waals surface area (Å²) in [5.41, 5.74) is 4.70. The highest BCUT2D eigenvalue weighted by Gasteiger charge is 2.37. The number of ether oxygens (including phenoxy) is 1. The van der Waals surface area contributed by atoms with E-state index in [-0.39, 0.29) is 24.0 Å². The quantitative estimate of drug-likeness (QED) is 0.467. The Balaban J connectivity index is 1.43. The van der Waals surface area contributed by atoms with Gasteiger partial charge in [-0.25, -0.2) is 4.90 Å². The number of carbonyl (C=O) groups excluding carboxylic acids is 3. The van der Waals surface area contributed by atoms with Gasteiger partial charge in [0.15, 0.2) is 6.61 Å². The standard InChI is InChI=1S/C28H28N2O4/c1-5-17(2)20-9-12-22(13-10-20)34-16-26(31)29-21-11-14-23-24(15-21)28(33)30(27(23)32)25-8-6-7-18(3)19(25)4/h6-15,17H,5,16H2,1-4H3,(H,29,31)/t17-/m0/s1. The molecule has 0 aliphatic carbocycles. The van der Waals surface area contributed by atoms with Crippen molar-refractivity contribution < 1.29 is 19.1 Å². The van der Waals surface area contributed by atoms with Crippen LogP contribution in [-0.4, -0.2) is 24.3 Å². The highest BCUT2D eigenvalue weighted by Crippen LogP contribution is 2.33. The van der Waals surface area contributed by atoms with Crippen molar-refractivity contribution in [2.24, 2.45) is 0 Å². The highest BCUT2D eigenvalue weighted by molar-refractivity contribution is 6.35. The summed E-state index contributed by atoms with van der Waals surface area (Å²) in [5.74, 6) is -0.0362. The summed E-state index contributed by atoms with van der Waals surface area (Å²) >= 11 is 0. The van der Waals surface area contributed by atoms with Gasteiger partial charge in [0, 0.05) is 5.69 Å². The molecule has 0 bridgehead atoms. The molecule has 0 saturated heterocycles. The lowest BCUT2D eigenvalue weighted by molar-refractivity contribution is -0.118. The van der Waals surface area contributed by atoms with Crippen molar-refractivity contribution in [3.63, 3.8) is 0 Å². The molecule has 0 fully saturated rings. The fourth-order valence-electron chi connectivity index (χ4n) is 3.99. The molecule has 0 unspecified atom stereocenters. The largest absolute Gasteiger partial charge is 0.484 e. The van der Waals surface area contributed by atoms with E-state index in [1.165, 1.54) is 10.5 Å². The Morgan fingerprint density at radius 2 is 1.68 bits per heavy atom. The summed E-state index contributed by atoms with van der Waals surface area (Å²) in [6.45, 7) is 7.97. The summed E-state index contributed by atoms with van der Waals surface area (Å²) in [6.07, 6.45) is 1.06. The molecule has 0 aromatic heterocycles. The number of imide groups is 1. The third kappa shape index (κ3) is 4.44. The Morgan fingerprint density at radius 3 is 2.38 bits per heavy atom. The lowest BCUT2D eigenvalue weighted by Crippen LogP contribution is -2.30. The molecule has 1 N–H and O–H groups in total. The van der Waals surface area contributed by atoms with Crippen molar-refractivity contribution in [2.75, 3.05) is 16.8 Å². The first-order valence-corrected chi connectivity index (χ1v) is 11.4. The number of fused-ring (bicyclic) bond motifs is 1. The van der Waals surface area contributed by atoms with Crippen LogP contribution in [0.2, 0.25) is 0 Å². The van der Waals surface area contributed by atoms with Gasteiger partial charge in [-0.15, -0.1) is 0 Å². The summed E-state index contributed by atoms with van der Waals surface area (Å²) in [5, 5.41) is 2.75. The van der Waals surface area contributed by atoms with Crippen molar-refractivity contribution >= 4 is 29.1 Å². The van der Waals surface area contributed by atoms with Crippen molar-refractivity contribution in [3.05, 3.63) is 88.5 Å². The monoisotopic (exact) mass is 456 g/mol. The van der Waals surface area contributed by atoms with E-state index in [2.05, 4.69) is 19.2 Å². The topological polar surface area (TPSA) is 75.7 Å². The van der Waals surface area contributed by atoms with Gasteiger partial charge in [-0.2, -0.15) is 0 Å². The maximum absolute atomic E-state index is 13.1. The molecule has 3 aromatic rings. The molecule has 1 aliphatic rings. The Bertz CT molecular complexity index is 1260. The van der Waals surface area contributed by atoms with Gasteiger partial charge >= 0.3 is 0 Å². The average molecular weight is 457 g/mol. The zero-order valence-electron chi connectivity index (χ0n) is 19.8. The Morgan fingerprint density at radius 1 is 0.971 bits per heavy atom. The molecule has 1 heterocycles. The van der Waals surface area contributed by atoms with E-state index < -0.39 is 5.91 Å². The Kier molecular flexibility index (Phi) is 6.50. The number of benzene rings is 3. The molecule has 3 amide bonds. The van der Waals surface area contributed by atoms with Gasteiger partial charge in [-0.05, 0) is 79.3 Å². The van der Waals surface area contributed by atoms with E-state index in [1.54, 1.807) is 24.3 Å². The van der Waals surface area contributed by atoms with Gasteiger partial charge in [-0.3, -0.25) is 14.4 Å². The van der Waals surface area contributed by atoms with Gasteiger partial charge in [0.1, 0.15) is 5.75 Å². The molecule has 6 heteroatoms. The van der Waals surface area contributed by atoms with Crippen molar-refractivity contribution in [2.45, 2.75) is 40.0 Å². The van der Waals surface area contributed by atoms with Crippen LogP contribution < -0.4 is 15.0 Å². The zero-order chi connectivity index (χ0) is 24.4. The van der Waals surface area contributed by atoms with Gasteiger partial charge in [0.25, 0.3) is 17.7 Å². The minimum absolute atomic E-state index is 0.165. The first kappa shape index (κ1) is 23.2. The van der Waals surface area contributed by atoms with E-state index in [0.717, 1.165) is 17.5 Å². The molecule has 34 heavy (non-hydrogen) atoms. The number of nitrogens with one attached hydrogen (secondary N) is 1. The molecular weight excluding hydrogens is 428 g/mol. The lowest BCUT2D eigenvalue weighted by atomic mass is 9.99. The van der Waals surface area contributed by atoms with Crippen LogP contribution in [-0.2, 0) is 4.79 Å². The average Bonchev–Trinajstić information content (AvgIpc) is 3.08. The van der Waals surface area contributed by atoms with E-state index >= 15 is 0 Å². The molecular formula is C28H28N2O4. The SMILES string of the molecule is CC[C@H](C)c1ccc(OCC(=O)Nc2ccc3c(c2)C(=O)N(c2cccc(C)c2C)C3=O)cc1. The number of carbonyl (C=O) groups is 3. The van der Waals surface area contributed by atoms with Crippen molar-refractivity contribution in [3.8, 4) is 5.75 Å². The molecule has 0 saturated carbocycles. The molecule has 3 aromatic carbocycles. The number of aryl methyl sites for hydroxylation is 1. The molecule has 4 rings (SSSR count). The first-order valence-electron chi connectivity index (χ1n) is 11.4. The smallest absolute Gasteiger partial charge is 0.266 e. The third-order valence-corrected chi connectivity index (χ3v) is 6.42. The summed E-state index contributed by atoms with van der Waals surface area (Å²) in [4.78, 5) is 39.7. The molecule has 6 nitrogen and oxygen atoms in total. The minimum Gasteiger partial charge on any atom is -0.484 e. The van der Waals surface area contributed by atoms with Crippen LogP contribution in [0.15, 0.2) is 60.7 Å². The molecule has 0 radical (unpaired) electrons. The second-order valence-corrected chi connectivity index (χ2v) is 8.64. The minimum atomic E-state index is -0.401. The molecule has 0 spiro atoms. The van der Waals surface area contributed by atoms with E-state index in [1.807, 2.05) is 50.2 Å². The molecule has 1 atom stereocenters. The number of anilines is 2. The fourth-order valence-corrected chi connectivity index (χ4v) is 3.99. The van der Waals surface area contributed by atoms with Crippen LogP contribution in [0, 0.1) is 13.8 Å². The van der Waals surface area contributed by atoms with Crippen LogP contribution in [0.3, 0.4) is 0 Å². The van der Waals surface area contributed by atoms with Crippen LogP contribution in [0.4, 0.5) is 11.4 Å². The summed E-state index contributed by atoms with van der Waals surface area (Å²) in [7, 11) is 0. The van der Waals surface area contributed by atoms with Crippen molar-refractivity contribution in [1.29, 1.82) is 0 Å². The maximum atomic E-state index is 13.1. The number of nitrogens with zero attached hydrogens (tertiary/aromatic N) is 1. The molecule has 174 valence electrons. The predicted octanol–water partition coefficient (Wildman–Crippen LogP) is 5.64. The van der Waals surface area contributed by atoms with E-state index in [9.17, 15) is 14.4 Å². The van der Waals surface area contributed by atoms with Crippen LogP contribution in [0.25, 0.3) is 0 Å². The van der Waals surface area contributed by atoms with Gasteiger partial charge in [0.2, 0.25) is 0 Å². The van der Waals surface area contributed by atoms with Crippen LogP contribution >= 0.6 is 0 Å². The maximum Gasteiger partial charge on any atom is 0.266 e. The van der Waals surface area contributed by atoms with E-state index in [4.69, 9.17) is 4.74 Å². The number of hydrogen-bond acceptors (Lipinski definition) is 4. The Labute approximate surface area is 199 Å². The summed E-state index contributed by atoms with van der Waals surface area (Å²) < 4.78 is 5.60. The number of hydrogen-bond donors (Lipinski definition) is 1. The second kappa shape index (κ2) is 9.51. The van der Waals surface area contributed by atoms with E-state index in [0.29, 0.717) is 28.6 Å². The number of amides is 3. The second-order valence-electron chi connectivity index (χ2n) is 8.64. The Hall–Kier alpha value is -3.93. The molecule has 1 aliphatic heterocycles.